The Hall–Kier alpha value is -1.45. The number of hydrogen-bond donors (Lipinski definition) is 2. The summed E-state index contributed by atoms with van der Waals surface area (Å²) in [5.74, 6) is 0. The Labute approximate surface area is 150 Å². The molecule has 0 atom stereocenters. The van der Waals surface area contributed by atoms with Crippen LogP contribution >= 0.6 is 0 Å². The summed E-state index contributed by atoms with van der Waals surface area (Å²) in [4.78, 5) is 0. The molecule has 2 aromatic carbocycles. The minimum Gasteiger partial charge on any atom is -0.729 e. The van der Waals surface area contributed by atoms with Gasteiger partial charge in [-0.25, -0.2) is 8.42 Å². The molecule has 0 saturated carbocycles. The molecule has 0 unspecified atom stereocenters. The Morgan fingerprint density at radius 3 is 2.36 bits per heavy atom. The van der Waals surface area contributed by atoms with Gasteiger partial charge < -0.3 is 10.3 Å². The first-order chi connectivity index (χ1) is 9.86. The molecule has 0 aromatic heterocycles. The van der Waals surface area contributed by atoms with E-state index in [4.69, 9.17) is 5.73 Å². The van der Waals surface area contributed by atoms with E-state index in [9.17, 15) is 13.0 Å². The summed E-state index contributed by atoms with van der Waals surface area (Å²) >= 11 is 0. The molecular formula is C13H13N4NaO3S. The number of nitrogens with two attached hydrogens (primary N) is 1. The van der Waals surface area contributed by atoms with E-state index < -0.39 is 10.3 Å². The van der Waals surface area contributed by atoms with Crippen LogP contribution in [0.25, 0.3) is 0 Å². The predicted molar refractivity (Wildman–Crippen MR) is 80.3 cm³/mol. The number of hydrogen-bond acceptors (Lipinski definition) is 6. The van der Waals surface area contributed by atoms with Gasteiger partial charge in [0.2, 0.25) is 10.3 Å². The Bertz CT molecular complexity index is 795. The number of nitrogen functional groups attached to an aromatic ring is 1. The molecule has 0 bridgehead atoms. The Morgan fingerprint density at radius 1 is 1.14 bits per heavy atom. The van der Waals surface area contributed by atoms with Crippen LogP contribution in [0.5, 0.6) is 0 Å². The average Bonchev–Trinajstić information content (AvgIpc) is 2.77. The molecule has 0 spiro atoms. The normalized spacial score (nSPS) is 13.4. The van der Waals surface area contributed by atoms with Gasteiger partial charge >= 0.3 is 29.6 Å². The van der Waals surface area contributed by atoms with Gasteiger partial charge in [-0.15, -0.1) is 0 Å². The van der Waals surface area contributed by atoms with Gasteiger partial charge in [0.25, 0.3) is 0 Å². The summed E-state index contributed by atoms with van der Waals surface area (Å²) in [6, 6.07) is 11.7. The van der Waals surface area contributed by atoms with Gasteiger partial charge in [-0.05, 0) is 48.9 Å². The first-order valence-corrected chi connectivity index (χ1v) is 7.52. The van der Waals surface area contributed by atoms with Crippen molar-refractivity contribution >= 4 is 33.1 Å². The van der Waals surface area contributed by atoms with E-state index in [0.29, 0.717) is 27.2 Å². The molecule has 1 aliphatic heterocycles. The smallest absolute Gasteiger partial charge is 0.729 e. The summed E-state index contributed by atoms with van der Waals surface area (Å²) in [5.41, 5.74) is 11.2. The monoisotopic (exact) mass is 328 g/mol. The van der Waals surface area contributed by atoms with Crippen LogP contribution in [0.3, 0.4) is 0 Å². The number of nitrogens with one attached hydrogen (secondary N) is 1. The van der Waals surface area contributed by atoms with Gasteiger partial charge in [-0.2, -0.15) is 9.53 Å². The molecule has 1 heterocycles. The van der Waals surface area contributed by atoms with Crippen LogP contribution in [-0.4, -0.2) is 13.0 Å². The molecule has 2 aromatic rings. The number of rotatable bonds is 2. The first-order valence-electron chi connectivity index (χ1n) is 6.15. The third-order valence-corrected chi connectivity index (χ3v) is 3.90. The van der Waals surface area contributed by atoms with Crippen molar-refractivity contribution in [1.29, 1.82) is 0 Å². The molecular weight excluding hydrogens is 315 g/mol. The van der Waals surface area contributed by atoms with E-state index in [2.05, 4.69) is 5.43 Å². The SMILES string of the molecule is Cc1ccc2c(c1)N(S(=O)(=O)[O-])N(c1ccc(N)cc1)N2.[Na+]. The van der Waals surface area contributed by atoms with Crippen LogP contribution in [0.15, 0.2) is 42.5 Å². The summed E-state index contributed by atoms with van der Waals surface area (Å²) < 4.78 is 35.6. The maximum Gasteiger partial charge on any atom is 1.00 e. The largest absolute Gasteiger partial charge is 1.00 e. The van der Waals surface area contributed by atoms with Crippen molar-refractivity contribution in [3.8, 4) is 0 Å². The summed E-state index contributed by atoms with van der Waals surface area (Å²) in [6.07, 6.45) is 0. The first kappa shape index (κ1) is 16.9. The molecule has 3 N–H and O–H groups in total. The summed E-state index contributed by atoms with van der Waals surface area (Å²) in [5, 5.41) is 1.19. The number of aryl methyl sites for hydroxylation is 1. The van der Waals surface area contributed by atoms with Crippen molar-refractivity contribution in [2.75, 3.05) is 20.7 Å². The van der Waals surface area contributed by atoms with Crippen LogP contribution in [0.4, 0.5) is 22.7 Å². The fourth-order valence-electron chi connectivity index (χ4n) is 2.17. The molecule has 9 heteroatoms. The fraction of sp³-hybridized carbons (Fsp3) is 0.0769. The topological polar surface area (TPSA) is 102 Å². The molecule has 0 radical (unpaired) electrons. The van der Waals surface area contributed by atoms with Crippen LogP contribution in [-0.2, 0) is 10.3 Å². The number of fused-ring (bicyclic) bond motifs is 1. The molecule has 3 rings (SSSR count). The molecule has 0 aliphatic carbocycles. The van der Waals surface area contributed by atoms with Gasteiger partial charge in [-0.1, -0.05) is 6.07 Å². The molecule has 22 heavy (non-hydrogen) atoms. The van der Waals surface area contributed by atoms with Crippen LogP contribution < -0.4 is 50.2 Å². The average molecular weight is 328 g/mol. The Kier molecular flexibility index (Phi) is 4.59. The third-order valence-electron chi connectivity index (χ3n) is 3.12. The second-order valence-corrected chi connectivity index (χ2v) is 5.94. The van der Waals surface area contributed by atoms with E-state index in [0.717, 1.165) is 5.56 Å². The zero-order valence-corrected chi connectivity index (χ0v) is 15.0. The van der Waals surface area contributed by atoms with Gasteiger partial charge in [-0.3, -0.25) is 5.43 Å². The quantitative estimate of drug-likeness (QED) is 0.400. The second kappa shape index (κ2) is 5.98. The second-order valence-electron chi connectivity index (χ2n) is 4.74. The third kappa shape index (κ3) is 3.01. The van der Waals surface area contributed by atoms with Crippen LogP contribution in [0.1, 0.15) is 5.56 Å². The van der Waals surface area contributed by atoms with Crippen LogP contribution in [0.2, 0.25) is 0 Å². The van der Waals surface area contributed by atoms with Crippen molar-refractivity contribution in [1.82, 2.24) is 0 Å². The Morgan fingerprint density at radius 2 is 1.77 bits per heavy atom. The van der Waals surface area contributed by atoms with E-state index in [-0.39, 0.29) is 29.6 Å². The molecule has 7 nitrogen and oxygen atoms in total. The van der Waals surface area contributed by atoms with E-state index in [1.807, 2.05) is 13.0 Å². The van der Waals surface area contributed by atoms with E-state index in [1.165, 1.54) is 5.12 Å². The van der Waals surface area contributed by atoms with Crippen molar-refractivity contribution in [2.45, 2.75) is 6.92 Å². The maximum absolute atomic E-state index is 11.6. The molecule has 0 fully saturated rings. The maximum atomic E-state index is 11.6. The van der Waals surface area contributed by atoms with Crippen molar-refractivity contribution in [2.24, 2.45) is 0 Å². The number of benzene rings is 2. The van der Waals surface area contributed by atoms with Gasteiger partial charge in [0.1, 0.15) is 5.69 Å². The molecule has 0 saturated heterocycles. The minimum atomic E-state index is -4.72. The van der Waals surface area contributed by atoms with E-state index in [1.54, 1.807) is 36.4 Å². The van der Waals surface area contributed by atoms with Gasteiger partial charge in [0, 0.05) is 5.69 Å². The predicted octanol–water partition coefficient (Wildman–Crippen LogP) is -1.39. The van der Waals surface area contributed by atoms with E-state index >= 15 is 0 Å². The number of nitrogens with zero attached hydrogens (tertiary/aromatic N) is 2. The number of anilines is 4. The summed E-state index contributed by atoms with van der Waals surface area (Å²) in [6.45, 7) is 1.82. The molecule has 110 valence electrons. The molecule has 1 aliphatic rings. The van der Waals surface area contributed by atoms with Crippen LogP contribution in [0, 0.1) is 6.92 Å². The van der Waals surface area contributed by atoms with Crippen molar-refractivity contribution in [3.63, 3.8) is 0 Å². The number of hydrazine groups is 2. The zero-order valence-electron chi connectivity index (χ0n) is 12.1. The zero-order chi connectivity index (χ0) is 15.2. The standard InChI is InChI=1S/C13H14N4O3S.Na/c1-9-2-7-12-13(8-9)17(21(18,19)20)16(15-12)11-5-3-10(14)4-6-11;/h2-8,15H,14H2,1H3,(H,18,19,20);/q;+1/p-1. The van der Waals surface area contributed by atoms with Gasteiger partial charge in [0.15, 0.2) is 0 Å². The van der Waals surface area contributed by atoms with Gasteiger partial charge in [0.05, 0.1) is 11.4 Å². The molecule has 0 amide bonds. The summed E-state index contributed by atoms with van der Waals surface area (Å²) in [7, 11) is -4.72. The van der Waals surface area contributed by atoms with Crippen molar-refractivity contribution < 1.29 is 42.5 Å². The minimum absolute atomic E-state index is 0. The van der Waals surface area contributed by atoms with Crippen molar-refractivity contribution in [3.05, 3.63) is 48.0 Å². The Balaban J connectivity index is 0.00000176. The fourth-order valence-corrected chi connectivity index (χ4v) is 2.89.